The molecule has 0 atom stereocenters. The number of hydrogen-bond donors (Lipinski definition) is 0. The second kappa shape index (κ2) is 8.92. The van der Waals surface area contributed by atoms with E-state index in [-0.39, 0.29) is 5.97 Å². The van der Waals surface area contributed by atoms with Gasteiger partial charge in [0.2, 0.25) is 0 Å². The van der Waals surface area contributed by atoms with E-state index in [0.717, 1.165) is 31.4 Å². The summed E-state index contributed by atoms with van der Waals surface area (Å²) in [4.78, 5) is 16.1. The molecule has 0 amide bonds. The first-order valence-corrected chi connectivity index (χ1v) is 7.38. The van der Waals surface area contributed by atoms with Crippen LogP contribution in [0, 0.1) is 0 Å². The van der Waals surface area contributed by atoms with Crippen LogP contribution in [0.3, 0.4) is 0 Å². The molecule has 0 saturated heterocycles. The first-order chi connectivity index (χ1) is 9.17. The van der Waals surface area contributed by atoms with Gasteiger partial charge in [0, 0.05) is 5.69 Å². The minimum Gasteiger partial charge on any atom is -0.462 e. The molecule has 0 radical (unpaired) electrons. The Hall–Kier alpha value is -1.09. The molecule has 0 unspecified atom stereocenters. The minimum atomic E-state index is -0.307. The largest absolute Gasteiger partial charge is 0.462 e. The van der Waals surface area contributed by atoms with Crippen molar-refractivity contribution < 1.29 is 9.53 Å². The number of pyridine rings is 1. The molecule has 0 N–H and O–H groups in total. The van der Waals surface area contributed by atoms with Crippen molar-refractivity contribution in [1.29, 1.82) is 0 Å². The van der Waals surface area contributed by atoms with E-state index in [0.29, 0.717) is 17.3 Å². The highest BCUT2D eigenvalue weighted by Crippen LogP contribution is 2.13. The molecule has 0 spiro atoms. The van der Waals surface area contributed by atoms with Crippen LogP contribution in [0.25, 0.3) is 0 Å². The number of halogens is 1. The van der Waals surface area contributed by atoms with Crippen LogP contribution in [-0.4, -0.2) is 17.6 Å². The van der Waals surface area contributed by atoms with Gasteiger partial charge < -0.3 is 4.74 Å². The highest BCUT2D eigenvalue weighted by molar-refractivity contribution is 6.29. The van der Waals surface area contributed by atoms with Crippen molar-refractivity contribution in [1.82, 2.24) is 4.98 Å². The van der Waals surface area contributed by atoms with E-state index in [1.165, 1.54) is 12.8 Å². The van der Waals surface area contributed by atoms with Crippen molar-refractivity contribution in [3.05, 3.63) is 28.5 Å². The van der Waals surface area contributed by atoms with Gasteiger partial charge in [-0.3, -0.25) is 0 Å². The third-order valence-electron chi connectivity index (χ3n) is 2.82. The number of carbonyl (C=O) groups excluding carboxylic acids is 1. The summed E-state index contributed by atoms with van der Waals surface area (Å²) in [6.45, 7) is 4.69. The Kier molecular flexibility index (Phi) is 7.49. The van der Waals surface area contributed by atoms with E-state index >= 15 is 0 Å². The summed E-state index contributed by atoms with van der Waals surface area (Å²) in [5.74, 6) is -0.307. The van der Waals surface area contributed by atoms with Gasteiger partial charge in [-0.05, 0) is 25.0 Å². The molecule has 0 bridgehead atoms. The lowest BCUT2D eigenvalue weighted by Crippen LogP contribution is -2.08. The van der Waals surface area contributed by atoms with Crippen LogP contribution in [-0.2, 0) is 11.2 Å². The van der Waals surface area contributed by atoms with Crippen LogP contribution in [0.2, 0.25) is 5.15 Å². The number of aryl methyl sites for hydroxylation is 1. The van der Waals surface area contributed by atoms with Gasteiger partial charge in [0.25, 0.3) is 0 Å². The SMILES string of the molecule is CCCCCCOC(=O)c1cc(Cl)nc(CCC)c1. The van der Waals surface area contributed by atoms with E-state index in [9.17, 15) is 4.79 Å². The number of unbranched alkanes of at least 4 members (excludes halogenated alkanes) is 3. The lowest BCUT2D eigenvalue weighted by Gasteiger charge is -2.06. The predicted molar refractivity (Wildman–Crippen MR) is 77.7 cm³/mol. The van der Waals surface area contributed by atoms with E-state index < -0.39 is 0 Å². The molecule has 1 aromatic heterocycles. The van der Waals surface area contributed by atoms with Crippen LogP contribution in [0.1, 0.15) is 62.0 Å². The van der Waals surface area contributed by atoms with E-state index in [1.807, 2.05) is 0 Å². The first kappa shape index (κ1) is 16.0. The number of nitrogens with zero attached hydrogens (tertiary/aromatic N) is 1. The fourth-order valence-corrected chi connectivity index (χ4v) is 2.06. The molecule has 19 heavy (non-hydrogen) atoms. The lowest BCUT2D eigenvalue weighted by molar-refractivity contribution is 0.0497. The molecule has 0 fully saturated rings. The smallest absolute Gasteiger partial charge is 0.338 e. The van der Waals surface area contributed by atoms with Crippen LogP contribution < -0.4 is 0 Å². The van der Waals surface area contributed by atoms with Gasteiger partial charge in [0.15, 0.2) is 0 Å². The molecule has 0 aliphatic rings. The maximum absolute atomic E-state index is 11.9. The normalized spacial score (nSPS) is 10.5. The predicted octanol–water partition coefficient (Wildman–Crippen LogP) is 4.42. The van der Waals surface area contributed by atoms with Gasteiger partial charge in [0.1, 0.15) is 5.15 Å². The number of ether oxygens (including phenoxy) is 1. The van der Waals surface area contributed by atoms with Crippen molar-refractivity contribution in [2.75, 3.05) is 6.61 Å². The Morgan fingerprint density at radius 2 is 2.00 bits per heavy atom. The maximum Gasteiger partial charge on any atom is 0.338 e. The third kappa shape index (κ3) is 6.06. The van der Waals surface area contributed by atoms with Crippen LogP contribution in [0.5, 0.6) is 0 Å². The fourth-order valence-electron chi connectivity index (χ4n) is 1.83. The molecule has 1 heterocycles. The first-order valence-electron chi connectivity index (χ1n) is 7.01. The average molecular weight is 284 g/mol. The third-order valence-corrected chi connectivity index (χ3v) is 3.01. The molecule has 0 aromatic carbocycles. The summed E-state index contributed by atoms with van der Waals surface area (Å²) >= 11 is 5.91. The molecule has 0 aliphatic heterocycles. The van der Waals surface area contributed by atoms with Gasteiger partial charge in [-0.15, -0.1) is 0 Å². The van der Waals surface area contributed by atoms with Gasteiger partial charge >= 0.3 is 5.97 Å². The summed E-state index contributed by atoms with van der Waals surface area (Å²) in [7, 11) is 0. The van der Waals surface area contributed by atoms with Crippen molar-refractivity contribution >= 4 is 17.6 Å². The van der Waals surface area contributed by atoms with Gasteiger partial charge in [-0.1, -0.05) is 51.1 Å². The summed E-state index contributed by atoms with van der Waals surface area (Å²) in [5.41, 5.74) is 1.34. The fraction of sp³-hybridized carbons (Fsp3) is 0.600. The highest BCUT2D eigenvalue weighted by Gasteiger charge is 2.10. The number of rotatable bonds is 8. The highest BCUT2D eigenvalue weighted by atomic mass is 35.5. The molecule has 1 rings (SSSR count). The number of aromatic nitrogens is 1. The minimum absolute atomic E-state index is 0.307. The molecule has 106 valence electrons. The quantitative estimate of drug-likeness (QED) is 0.403. The maximum atomic E-state index is 11.9. The Morgan fingerprint density at radius 3 is 2.68 bits per heavy atom. The molecule has 1 aromatic rings. The molecule has 4 heteroatoms. The Morgan fingerprint density at radius 1 is 1.21 bits per heavy atom. The second-order valence-electron chi connectivity index (χ2n) is 4.62. The van der Waals surface area contributed by atoms with E-state index in [2.05, 4.69) is 18.8 Å². The van der Waals surface area contributed by atoms with Crippen molar-refractivity contribution in [2.45, 2.75) is 52.4 Å². The zero-order chi connectivity index (χ0) is 14.1. The average Bonchev–Trinajstić information content (AvgIpc) is 2.38. The molecule has 0 aliphatic carbocycles. The Labute approximate surface area is 120 Å². The van der Waals surface area contributed by atoms with E-state index in [4.69, 9.17) is 16.3 Å². The summed E-state index contributed by atoms with van der Waals surface area (Å²) in [6, 6.07) is 3.33. The lowest BCUT2D eigenvalue weighted by atomic mass is 10.1. The van der Waals surface area contributed by atoms with Crippen LogP contribution >= 0.6 is 11.6 Å². The van der Waals surface area contributed by atoms with Crippen LogP contribution in [0.4, 0.5) is 0 Å². The standard InChI is InChI=1S/C15H22ClNO2/c1-3-5-6-7-9-19-15(18)12-10-13(8-4-2)17-14(16)11-12/h10-11H,3-9H2,1-2H3. The zero-order valence-corrected chi connectivity index (χ0v) is 12.5. The zero-order valence-electron chi connectivity index (χ0n) is 11.7. The molecule has 3 nitrogen and oxygen atoms in total. The summed E-state index contributed by atoms with van der Waals surface area (Å²) in [6.07, 6.45) is 6.16. The van der Waals surface area contributed by atoms with Crippen molar-refractivity contribution in [3.63, 3.8) is 0 Å². The molecular weight excluding hydrogens is 262 g/mol. The monoisotopic (exact) mass is 283 g/mol. The Bertz CT molecular complexity index is 407. The summed E-state index contributed by atoms with van der Waals surface area (Å²) < 4.78 is 5.24. The Balaban J connectivity index is 2.51. The number of carbonyl (C=O) groups is 1. The van der Waals surface area contributed by atoms with Gasteiger partial charge in [-0.25, -0.2) is 9.78 Å². The second-order valence-corrected chi connectivity index (χ2v) is 5.00. The van der Waals surface area contributed by atoms with E-state index in [1.54, 1.807) is 12.1 Å². The number of hydrogen-bond acceptors (Lipinski definition) is 3. The van der Waals surface area contributed by atoms with Crippen molar-refractivity contribution in [2.24, 2.45) is 0 Å². The van der Waals surface area contributed by atoms with Crippen molar-refractivity contribution in [3.8, 4) is 0 Å². The van der Waals surface area contributed by atoms with Gasteiger partial charge in [-0.2, -0.15) is 0 Å². The van der Waals surface area contributed by atoms with Crippen LogP contribution in [0.15, 0.2) is 12.1 Å². The topological polar surface area (TPSA) is 39.2 Å². The molecular formula is C15H22ClNO2. The summed E-state index contributed by atoms with van der Waals surface area (Å²) in [5, 5.41) is 0.351. The number of esters is 1. The molecule has 0 saturated carbocycles. The van der Waals surface area contributed by atoms with Gasteiger partial charge in [0.05, 0.1) is 12.2 Å².